The van der Waals surface area contributed by atoms with E-state index in [0.29, 0.717) is 13.0 Å². The van der Waals surface area contributed by atoms with Gasteiger partial charge in [-0.25, -0.2) is 8.42 Å². The van der Waals surface area contributed by atoms with Gasteiger partial charge in [0.15, 0.2) is 0 Å². The van der Waals surface area contributed by atoms with Crippen LogP contribution in [-0.4, -0.2) is 100 Å². The van der Waals surface area contributed by atoms with Crippen LogP contribution >= 0.6 is 0 Å². The number of piperidine rings is 1. The summed E-state index contributed by atoms with van der Waals surface area (Å²) >= 11 is 0. The number of rotatable bonds is 16. The molecule has 1 aliphatic rings. The van der Waals surface area contributed by atoms with Crippen LogP contribution in [0.2, 0.25) is 0 Å². The summed E-state index contributed by atoms with van der Waals surface area (Å²) in [6, 6.07) is 30.8. The van der Waals surface area contributed by atoms with E-state index >= 15 is 0 Å². The number of aliphatic hydroxyl groups is 1. The number of likely N-dealkylation sites (tertiary alicyclic amines) is 1. The van der Waals surface area contributed by atoms with Gasteiger partial charge in [-0.2, -0.15) is 0 Å². The minimum atomic E-state index is -3.71. The molecule has 1 saturated heterocycles. The van der Waals surface area contributed by atoms with Crippen molar-refractivity contribution in [1.82, 2.24) is 20.4 Å². The predicted molar refractivity (Wildman–Crippen MR) is 213 cm³/mol. The van der Waals surface area contributed by atoms with Crippen molar-refractivity contribution < 1.29 is 27.9 Å². The van der Waals surface area contributed by atoms with E-state index in [2.05, 4.69) is 32.6 Å². The molecule has 1 aliphatic heterocycles. The zero-order valence-corrected chi connectivity index (χ0v) is 32.6. The van der Waals surface area contributed by atoms with Gasteiger partial charge in [-0.15, -0.1) is 0 Å². The molecule has 4 aromatic carbocycles. The summed E-state index contributed by atoms with van der Waals surface area (Å²) in [4.78, 5) is 32.2. The number of hydrogen-bond acceptors (Lipinski definition) is 8. The lowest BCUT2D eigenvalue weighted by atomic mass is 9.98. The van der Waals surface area contributed by atoms with Crippen LogP contribution in [0.25, 0.3) is 0 Å². The van der Waals surface area contributed by atoms with Crippen LogP contribution in [0.15, 0.2) is 103 Å². The number of nitrogens with zero attached hydrogens (tertiary/aromatic N) is 3. The molecule has 54 heavy (non-hydrogen) atoms. The number of likely N-dealkylation sites (N-methyl/N-ethyl adjacent to an activating group) is 1. The SMILES string of the molecule is COc1cccc(CN2CCC(N(C)CC(O)C(Cc3ccccc3)NC(=O)c3cc(C(=O)NC(C)c4ccccc4)cc(N(C)S(C)(=O)=O)c3)CC2)c1. The Bertz CT molecular complexity index is 1950. The van der Waals surface area contributed by atoms with Gasteiger partial charge in [0.1, 0.15) is 5.75 Å². The Morgan fingerprint density at radius 3 is 2.06 bits per heavy atom. The van der Waals surface area contributed by atoms with E-state index < -0.39 is 34.0 Å². The number of aliphatic hydroxyl groups excluding tert-OH is 1. The van der Waals surface area contributed by atoms with Crippen LogP contribution < -0.4 is 19.7 Å². The molecule has 4 aromatic rings. The number of carbonyl (C=O) groups is 2. The first-order chi connectivity index (χ1) is 25.8. The Balaban J connectivity index is 1.31. The molecule has 3 N–H and O–H groups in total. The van der Waals surface area contributed by atoms with Crippen LogP contribution in [0.4, 0.5) is 5.69 Å². The number of anilines is 1. The minimum absolute atomic E-state index is 0.0996. The molecule has 0 saturated carbocycles. The molecule has 1 heterocycles. The van der Waals surface area contributed by atoms with Gasteiger partial charge in [-0.05, 0) is 93.3 Å². The van der Waals surface area contributed by atoms with Crippen molar-refractivity contribution in [3.05, 3.63) is 131 Å². The van der Waals surface area contributed by atoms with Crippen LogP contribution in [0.1, 0.15) is 63.2 Å². The number of benzene rings is 4. The van der Waals surface area contributed by atoms with E-state index in [1.54, 1.807) is 7.11 Å². The van der Waals surface area contributed by atoms with Gasteiger partial charge < -0.3 is 25.4 Å². The molecule has 11 nitrogen and oxygen atoms in total. The monoisotopic (exact) mass is 755 g/mol. The number of nitrogens with one attached hydrogen (secondary N) is 2. The average molecular weight is 756 g/mol. The maximum absolute atomic E-state index is 14.1. The molecule has 0 aromatic heterocycles. The highest BCUT2D eigenvalue weighted by Gasteiger charge is 2.29. The first kappa shape index (κ1) is 40.4. The lowest BCUT2D eigenvalue weighted by Gasteiger charge is -2.38. The summed E-state index contributed by atoms with van der Waals surface area (Å²) in [7, 11) is 1.35. The highest BCUT2D eigenvalue weighted by molar-refractivity contribution is 7.92. The summed E-state index contributed by atoms with van der Waals surface area (Å²) in [6.07, 6.45) is 2.38. The molecular formula is C42H53N5O6S. The lowest BCUT2D eigenvalue weighted by Crippen LogP contribution is -2.52. The minimum Gasteiger partial charge on any atom is -0.497 e. The molecule has 12 heteroatoms. The molecule has 3 atom stereocenters. The second-order valence-corrected chi connectivity index (χ2v) is 16.3. The van der Waals surface area contributed by atoms with Gasteiger partial charge in [0, 0.05) is 37.3 Å². The number of sulfonamides is 1. The van der Waals surface area contributed by atoms with E-state index in [1.807, 2.05) is 86.8 Å². The summed E-state index contributed by atoms with van der Waals surface area (Å²) in [5.41, 5.74) is 3.45. The summed E-state index contributed by atoms with van der Waals surface area (Å²) in [5, 5.41) is 17.7. The smallest absolute Gasteiger partial charge is 0.251 e. The Kier molecular flexibility index (Phi) is 13.9. The van der Waals surface area contributed by atoms with E-state index in [4.69, 9.17) is 4.74 Å². The summed E-state index contributed by atoms with van der Waals surface area (Å²) < 4.78 is 31.6. The molecule has 288 valence electrons. The van der Waals surface area contributed by atoms with Gasteiger partial charge in [0.05, 0.1) is 37.2 Å². The maximum Gasteiger partial charge on any atom is 0.251 e. The first-order valence-corrected chi connectivity index (χ1v) is 20.2. The van der Waals surface area contributed by atoms with Crippen LogP contribution in [0, 0.1) is 0 Å². The third kappa shape index (κ3) is 11.1. The fraction of sp³-hybridized carbons (Fsp3) is 0.381. The predicted octanol–water partition coefficient (Wildman–Crippen LogP) is 4.88. The van der Waals surface area contributed by atoms with Crippen molar-refractivity contribution in [2.45, 2.75) is 57.0 Å². The number of methoxy groups -OCH3 is 1. The number of ether oxygens (including phenoxy) is 1. The molecule has 0 aliphatic carbocycles. The summed E-state index contributed by atoms with van der Waals surface area (Å²) in [6.45, 7) is 4.87. The molecule has 2 amide bonds. The highest BCUT2D eigenvalue weighted by Crippen LogP contribution is 2.24. The van der Waals surface area contributed by atoms with Crippen molar-refractivity contribution in [3.8, 4) is 5.75 Å². The van der Waals surface area contributed by atoms with E-state index in [9.17, 15) is 23.1 Å². The normalized spacial score (nSPS) is 15.6. The Morgan fingerprint density at radius 2 is 1.44 bits per heavy atom. The van der Waals surface area contributed by atoms with E-state index in [-0.39, 0.29) is 28.9 Å². The Hall–Kier alpha value is -4.75. The fourth-order valence-electron chi connectivity index (χ4n) is 6.87. The van der Waals surface area contributed by atoms with E-state index in [1.165, 1.54) is 30.8 Å². The van der Waals surface area contributed by atoms with Crippen LogP contribution in [-0.2, 0) is 23.0 Å². The molecule has 5 rings (SSSR count). The molecular weight excluding hydrogens is 703 g/mol. The van der Waals surface area contributed by atoms with Crippen molar-refractivity contribution >= 4 is 27.5 Å². The van der Waals surface area contributed by atoms with Gasteiger partial charge >= 0.3 is 0 Å². The number of hydrogen-bond donors (Lipinski definition) is 3. The van der Waals surface area contributed by atoms with Gasteiger partial charge in [0.25, 0.3) is 11.8 Å². The Morgan fingerprint density at radius 1 is 0.852 bits per heavy atom. The third-order valence-corrected chi connectivity index (χ3v) is 11.4. The van der Waals surface area contributed by atoms with E-state index in [0.717, 1.165) is 59.9 Å². The van der Waals surface area contributed by atoms with Crippen molar-refractivity contribution in [1.29, 1.82) is 0 Å². The quantitative estimate of drug-likeness (QED) is 0.148. The number of carbonyl (C=O) groups excluding carboxylic acids is 2. The standard InChI is InChI=1S/C42H53N5O6S/c1-30(33-16-10-7-11-17-33)43-41(49)34-25-35(27-37(26-34)46(3)54(5,51)52)42(50)44-39(24-31-13-8-6-9-14-31)40(48)29-45(2)36-19-21-47(22-20-36)28-32-15-12-18-38(23-32)53-4/h6-18,23,25-27,30,36,39-40,48H,19-22,24,28-29H2,1-5H3,(H,43,49)(H,44,50). The average Bonchev–Trinajstić information content (AvgIpc) is 3.17. The third-order valence-electron chi connectivity index (χ3n) is 10.2. The first-order valence-electron chi connectivity index (χ1n) is 18.3. The molecule has 0 radical (unpaired) electrons. The zero-order chi connectivity index (χ0) is 38.8. The number of amides is 2. The molecule has 0 bridgehead atoms. The van der Waals surface area contributed by atoms with Gasteiger partial charge in [-0.1, -0.05) is 72.8 Å². The van der Waals surface area contributed by atoms with Crippen LogP contribution in [0.3, 0.4) is 0 Å². The summed E-state index contributed by atoms with van der Waals surface area (Å²) in [5.74, 6) is -0.139. The molecule has 1 fully saturated rings. The fourth-order valence-corrected chi connectivity index (χ4v) is 7.36. The van der Waals surface area contributed by atoms with Gasteiger partial charge in [-0.3, -0.25) is 18.8 Å². The van der Waals surface area contributed by atoms with Crippen LogP contribution in [0.5, 0.6) is 5.75 Å². The Labute approximate surface area is 320 Å². The zero-order valence-electron chi connectivity index (χ0n) is 31.8. The van der Waals surface area contributed by atoms with Crippen molar-refractivity contribution in [3.63, 3.8) is 0 Å². The van der Waals surface area contributed by atoms with Gasteiger partial charge in [0.2, 0.25) is 10.0 Å². The highest BCUT2D eigenvalue weighted by atomic mass is 32.2. The lowest BCUT2D eigenvalue weighted by molar-refractivity contribution is 0.0493. The topological polar surface area (TPSA) is 132 Å². The largest absolute Gasteiger partial charge is 0.497 e. The van der Waals surface area contributed by atoms with Crippen molar-refractivity contribution in [2.75, 3.05) is 51.4 Å². The second kappa shape index (κ2) is 18.5. The maximum atomic E-state index is 14.1. The second-order valence-electron chi connectivity index (χ2n) is 14.2. The molecule has 0 spiro atoms. The van der Waals surface area contributed by atoms with Crippen molar-refractivity contribution in [2.24, 2.45) is 0 Å². The molecule has 3 unspecified atom stereocenters.